The third-order valence-corrected chi connectivity index (χ3v) is 3.22. The van der Waals surface area contributed by atoms with Gasteiger partial charge in [0.15, 0.2) is 0 Å². The van der Waals surface area contributed by atoms with Gasteiger partial charge < -0.3 is 9.80 Å². The van der Waals surface area contributed by atoms with Crippen LogP contribution in [0, 0.1) is 12.3 Å². The number of hydrogen-bond donors (Lipinski definition) is 0. The fourth-order valence-electron chi connectivity index (χ4n) is 2.66. The minimum atomic E-state index is 0.214. The summed E-state index contributed by atoms with van der Waals surface area (Å²) in [6, 6.07) is 0. The molecular weight excluding hydrogens is 164 g/mol. The molecule has 2 aliphatic rings. The van der Waals surface area contributed by atoms with Crippen molar-refractivity contribution in [3.63, 3.8) is 0 Å². The lowest BCUT2D eigenvalue weighted by Crippen LogP contribution is -2.55. The monoisotopic (exact) mass is 181 g/mol. The fraction of sp³-hybridized carbons (Fsp3) is 0.800. The molecule has 1 spiro atoms. The second kappa shape index (κ2) is 2.98. The maximum atomic E-state index is 11.4. The van der Waals surface area contributed by atoms with Crippen molar-refractivity contribution in [3.05, 3.63) is 6.92 Å². The van der Waals surface area contributed by atoms with Crippen LogP contribution in [0.1, 0.15) is 12.8 Å². The van der Waals surface area contributed by atoms with E-state index in [0.717, 1.165) is 26.2 Å². The summed E-state index contributed by atoms with van der Waals surface area (Å²) in [5.41, 5.74) is 0.444. The van der Waals surface area contributed by atoms with Gasteiger partial charge in [0.2, 0.25) is 5.91 Å². The Labute approximate surface area is 79.7 Å². The minimum Gasteiger partial charge on any atom is -0.342 e. The summed E-state index contributed by atoms with van der Waals surface area (Å²) >= 11 is 0. The van der Waals surface area contributed by atoms with E-state index in [9.17, 15) is 4.79 Å². The number of carbonyl (C=O) groups is 1. The Morgan fingerprint density at radius 2 is 2.15 bits per heavy atom. The number of amides is 1. The number of nitrogens with zero attached hydrogens (tertiary/aromatic N) is 2. The van der Waals surface area contributed by atoms with Gasteiger partial charge in [-0.05, 0) is 20.4 Å². The van der Waals surface area contributed by atoms with Gasteiger partial charge in [0.1, 0.15) is 0 Å². The number of likely N-dealkylation sites (tertiary alicyclic amines) is 2. The second-order valence-electron chi connectivity index (χ2n) is 4.49. The predicted octanol–water partition coefficient (Wildman–Crippen LogP) is 0.375. The molecule has 0 atom stereocenters. The molecule has 13 heavy (non-hydrogen) atoms. The van der Waals surface area contributed by atoms with E-state index in [-0.39, 0.29) is 5.91 Å². The maximum Gasteiger partial charge on any atom is 0.222 e. The van der Waals surface area contributed by atoms with Crippen LogP contribution < -0.4 is 0 Å². The molecule has 0 N–H and O–H groups in total. The van der Waals surface area contributed by atoms with Crippen molar-refractivity contribution in [2.75, 3.05) is 33.2 Å². The molecule has 0 aliphatic carbocycles. The summed E-state index contributed by atoms with van der Waals surface area (Å²) in [6.07, 6.45) is 1.59. The molecule has 2 aliphatic heterocycles. The summed E-state index contributed by atoms with van der Waals surface area (Å²) < 4.78 is 0. The highest BCUT2D eigenvalue weighted by molar-refractivity contribution is 5.77. The van der Waals surface area contributed by atoms with Gasteiger partial charge in [-0.3, -0.25) is 4.79 Å². The molecule has 3 heteroatoms. The molecule has 0 aromatic carbocycles. The summed E-state index contributed by atoms with van der Waals surface area (Å²) in [5, 5.41) is 0. The first kappa shape index (κ1) is 9.00. The quantitative estimate of drug-likeness (QED) is 0.583. The smallest absolute Gasteiger partial charge is 0.222 e. The van der Waals surface area contributed by atoms with Gasteiger partial charge in [0, 0.05) is 38.0 Å². The zero-order valence-electron chi connectivity index (χ0n) is 8.25. The van der Waals surface area contributed by atoms with Gasteiger partial charge in [-0.1, -0.05) is 0 Å². The minimum absolute atomic E-state index is 0.214. The third kappa shape index (κ3) is 1.46. The SMILES string of the molecule is [CH2]CC(=O)N1CCC2(CN(C)C2)C1. The van der Waals surface area contributed by atoms with Crippen molar-refractivity contribution >= 4 is 5.91 Å². The van der Waals surface area contributed by atoms with Crippen molar-refractivity contribution in [3.8, 4) is 0 Å². The van der Waals surface area contributed by atoms with E-state index in [1.165, 1.54) is 6.42 Å². The molecule has 0 bridgehead atoms. The molecule has 1 radical (unpaired) electrons. The lowest BCUT2D eigenvalue weighted by atomic mass is 9.79. The molecule has 2 saturated heterocycles. The molecule has 0 saturated carbocycles. The molecule has 0 aromatic heterocycles. The van der Waals surface area contributed by atoms with Gasteiger partial charge >= 0.3 is 0 Å². The normalized spacial score (nSPS) is 26.5. The topological polar surface area (TPSA) is 23.6 Å². The van der Waals surface area contributed by atoms with Gasteiger partial charge in [-0.15, -0.1) is 0 Å². The maximum absolute atomic E-state index is 11.4. The Bertz CT molecular complexity index is 221. The average molecular weight is 181 g/mol. The van der Waals surface area contributed by atoms with Crippen LogP contribution in [0.5, 0.6) is 0 Å². The van der Waals surface area contributed by atoms with Crippen molar-refractivity contribution in [2.45, 2.75) is 12.8 Å². The Balaban J connectivity index is 1.91. The number of rotatable bonds is 1. The first-order valence-corrected chi connectivity index (χ1v) is 4.91. The molecule has 3 nitrogen and oxygen atoms in total. The molecule has 0 aromatic rings. The highest BCUT2D eigenvalue weighted by Crippen LogP contribution is 2.38. The Morgan fingerprint density at radius 1 is 1.46 bits per heavy atom. The van der Waals surface area contributed by atoms with Crippen LogP contribution in [-0.4, -0.2) is 48.9 Å². The van der Waals surface area contributed by atoms with Crippen molar-refractivity contribution in [1.29, 1.82) is 0 Å². The van der Waals surface area contributed by atoms with E-state index in [1.54, 1.807) is 0 Å². The average Bonchev–Trinajstić information content (AvgIpc) is 2.47. The van der Waals surface area contributed by atoms with E-state index in [4.69, 9.17) is 0 Å². The zero-order valence-corrected chi connectivity index (χ0v) is 8.25. The van der Waals surface area contributed by atoms with Gasteiger partial charge in [-0.25, -0.2) is 0 Å². The molecule has 73 valence electrons. The summed E-state index contributed by atoms with van der Waals surface area (Å²) in [7, 11) is 2.14. The lowest BCUT2D eigenvalue weighted by Gasteiger charge is -2.46. The van der Waals surface area contributed by atoms with Crippen molar-refractivity contribution in [2.24, 2.45) is 5.41 Å². The van der Waals surface area contributed by atoms with E-state index in [0.29, 0.717) is 11.8 Å². The van der Waals surface area contributed by atoms with Gasteiger partial charge in [0.25, 0.3) is 0 Å². The van der Waals surface area contributed by atoms with Gasteiger partial charge in [0.05, 0.1) is 0 Å². The van der Waals surface area contributed by atoms with Gasteiger partial charge in [-0.2, -0.15) is 0 Å². The summed E-state index contributed by atoms with van der Waals surface area (Å²) in [4.78, 5) is 15.7. The van der Waals surface area contributed by atoms with Crippen LogP contribution in [-0.2, 0) is 4.79 Å². The highest BCUT2D eigenvalue weighted by Gasteiger charge is 2.46. The van der Waals surface area contributed by atoms with Crippen LogP contribution in [0.3, 0.4) is 0 Å². The summed E-state index contributed by atoms with van der Waals surface area (Å²) in [6.45, 7) is 7.87. The first-order chi connectivity index (χ1) is 6.15. The highest BCUT2D eigenvalue weighted by atomic mass is 16.2. The molecule has 2 heterocycles. The second-order valence-corrected chi connectivity index (χ2v) is 4.49. The number of carbonyl (C=O) groups excluding carboxylic acids is 1. The van der Waals surface area contributed by atoms with Crippen LogP contribution in [0.15, 0.2) is 0 Å². The largest absolute Gasteiger partial charge is 0.342 e. The third-order valence-electron chi connectivity index (χ3n) is 3.22. The van der Waals surface area contributed by atoms with Crippen molar-refractivity contribution < 1.29 is 4.79 Å². The Kier molecular flexibility index (Phi) is 2.06. The van der Waals surface area contributed by atoms with Crippen LogP contribution in [0.2, 0.25) is 0 Å². The molecule has 2 fully saturated rings. The van der Waals surface area contributed by atoms with E-state index < -0.39 is 0 Å². The fourth-order valence-corrected chi connectivity index (χ4v) is 2.66. The number of hydrogen-bond acceptors (Lipinski definition) is 2. The standard InChI is InChI=1S/C10H17N2O/c1-3-9(13)12-5-4-10(8-12)6-11(2)7-10/h1,3-8H2,2H3. The van der Waals surface area contributed by atoms with E-state index in [2.05, 4.69) is 18.9 Å². The zero-order chi connectivity index (χ0) is 9.47. The molecule has 1 amide bonds. The molecule has 2 rings (SSSR count). The van der Waals surface area contributed by atoms with Crippen LogP contribution in [0.4, 0.5) is 0 Å². The Morgan fingerprint density at radius 3 is 2.69 bits per heavy atom. The lowest BCUT2D eigenvalue weighted by molar-refractivity contribution is -0.130. The molecular formula is C10H17N2O. The first-order valence-electron chi connectivity index (χ1n) is 4.91. The Hall–Kier alpha value is -0.570. The van der Waals surface area contributed by atoms with Crippen molar-refractivity contribution in [1.82, 2.24) is 9.80 Å². The summed E-state index contributed by atoms with van der Waals surface area (Å²) in [5.74, 6) is 0.214. The predicted molar refractivity (Wildman–Crippen MR) is 51.1 cm³/mol. The van der Waals surface area contributed by atoms with Crippen LogP contribution in [0.25, 0.3) is 0 Å². The van der Waals surface area contributed by atoms with Crippen LogP contribution >= 0.6 is 0 Å². The molecule has 0 unspecified atom stereocenters. The van der Waals surface area contributed by atoms with E-state index in [1.807, 2.05) is 4.90 Å². The van der Waals surface area contributed by atoms with E-state index >= 15 is 0 Å².